The molecule has 4 nitrogen and oxygen atoms in total. The second kappa shape index (κ2) is 5.92. The van der Waals surface area contributed by atoms with Gasteiger partial charge in [0.15, 0.2) is 5.58 Å². The van der Waals surface area contributed by atoms with Crippen LogP contribution >= 0.6 is 0 Å². The van der Waals surface area contributed by atoms with Gasteiger partial charge in [-0.15, -0.1) is 0 Å². The summed E-state index contributed by atoms with van der Waals surface area (Å²) in [6.07, 6.45) is -5.37. The second-order valence-corrected chi connectivity index (χ2v) is 5.00. The van der Waals surface area contributed by atoms with Gasteiger partial charge in [0, 0.05) is 6.54 Å². The van der Waals surface area contributed by atoms with Gasteiger partial charge in [-0.2, -0.15) is 18.2 Å². The number of hydrogen-bond acceptors (Lipinski definition) is 4. The topological polar surface area (TPSA) is 58.3 Å². The second-order valence-electron chi connectivity index (χ2n) is 5.00. The van der Waals surface area contributed by atoms with Gasteiger partial charge in [0.1, 0.15) is 5.52 Å². The Labute approximate surface area is 129 Å². The highest BCUT2D eigenvalue weighted by molar-refractivity contribution is 5.74. The van der Waals surface area contributed by atoms with E-state index in [1.165, 1.54) is 12.1 Å². The molecule has 3 rings (SSSR count). The molecule has 23 heavy (non-hydrogen) atoms. The van der Waals surface area contributed by atoms with Crippen molar-refractivity contribution in [3.63, 3.8) is 0 Å². The van der Waals surface area contributed by atoms with Crippen molar-refractivity contribution in [1.29, 1.82) is 0 Å². The summed E-state index contributed by atoms with van der Waals surface area (Å²) in [6.45, 7) is 0.0676. The zero-order chi connectivity index (χ0) is 16.4. The lowest BCUT2D eigenvalue weighted by atomic mass is 10.1. The number of para-hydroxylation sites is 2. The highest BCUT2D eigenvalue weighted by atomic mass is 19.4. The quantitative estimate of drug-likeness (QED) is 0.762. The molecule has 1 atom stereocenters. The Hall–Kier alpha value is -2.54. The Morgan fingerprint density at radius 1 is 1.09 bits per heavy atom. The molecule has 1 aromatic heterocycles. The van der Waals surface area contributed by atoms with E-state index in [4.69, 9.17) is 4.42 Å². The molecule has 0 aliphatic heterocycles. The zero-order valence-electron chi connectivity index (χ0n) is 11.8. The zero-order valence-corrected chi connectivity index (χ0v) is 11.8. The number of nitrogens with one attached hydrogen (secondary N) is 1. The van der Waals surface area contributed by atoms with Crippen molar-refractivity contribution >= 4 is 17.1 Å². The smallest absolute Gasteiger partial charge is 0.416 e. The van der Waals surface area contributed by atoms with Gasteiger partial charge in [-0.05, 0) is 29.8 Å². The molecule has 1 heterocycles. The molecule has 120 valence electrons. The fraction of sp³-hybridized carbons (Fsp3) is 0.188. The molecular formula is C16H13F3N2O2. The number of benzene rings is 2. The van der Waals surface area contributed by atoms with Gasteiger partial charge < -0.3 is 14.8 Å². The minimum absolute atomic E-state index is 0.0676. The van der Waals surface area contributed by atoms with E-state index in [2.05, 4.69) is 10.3 Å². The number of aromatic nitrogens is 1. The van der Waals surface area contributed by atoms with E-state index in [1.54, 1.807) is 12.1 Å². The largest absolute Gasteiger partial charge is 0.424 e. The van der Waals surface area contributed by atoms with Crippen molar-refractivity contribution in [1.82, 2.24) is 4.98 Å². The molecule has 1 unspecified atom stereocenters. The molecule has 0 spiro atoms. The predicted molar refractivity (Wildman–Crippen MR) is 78.9 cm³/mol. The summed E-state index contributed by atoms with van der Waals surface area (Å²) in [7, 11) is 0. The van der Waals surface area contributed by atoms with Crippen molar-refractivity contribution in [2.45, 2.75) is 12.3 Å². The lowest BCUT2D eigenvalue weighted by molar-refractivity contribution is -0.137. The molecule has 0 saturated heterocycles. The summed E-state index contributed by atoms with van der Waals surface area (Å²) >= 11 is 0. The predicted octanol–water partition coefficient (Wildman–Crippen LogP) is 3.99. The van der Waals surface area contributed by atoms with Crippen LogP contribution in [0.3, 0.4) is 0 Å². The highest BCUT2D eigenvalue weighted by Gasteiger charge is 2.30. The van der Waals surface area contributed by atoms with Crippen molar-refractivity contribution < 1.29 is 22.7 Å². The number of halogens is 3. The summed E-state index contributed by atoms with van der Waals surface area (Å²) in [4.78, 5) is 4.19. The van der Waals surface area contributed by atoms with Crippen LogP contribution in [0.4, 0.5) is 19.2 Å². The van der Waals surface area contributed by atoms with Gasteiger partial charge in [0.2, 0.25) is 0 Å². The Kier molecular flexibility index (Phi) is 3.96. The van der Waals surface area contributed by atoms with Crippen LogP contribution in [0.2, 0.25) is 0 Å². The van der Waals surface area contributed by atoms with Crippen molar-refractivity contribution in [3.05, 3.63) is 59.7 Å². The number of fused-ring (bicyclic) bond motifs is 1. The van der Waals surface area contributed by atoms with Crippen LogP contribution in [0.5, 0.6) is 0 Å². The third-order valence-corrected chi connectivity index (χ3v) is 3.36. The average Bonchev–Trinajstić information content (AvgIpc) is 2.95. The number of hydrogen-bond donors (Lipinski definition) is 2. The van der Waals surface area contributed by atoms with Gasteiger partial charge in [0.25, 0.3) is 6.01 Å². The monoisotopic (exact) mass is 322 g/mol. The van der Waals surface area contributed by atoms with E-state index in [0.717, 1.165) is 12.1 Å². The lowest BCUT2D eigenvalue weighted by Gasteiger charge is -2.12. The molecule has 0 fully saturated rings. The van der Waals surface area contributed by atoms with E-state index in [1.807, 2.05) is 12.1 Å². The molecular weight excluding hydrogens is 309 g/mol. The number of alkyl halides is 3. The SMILES string of the molecule is OC(CNc1nc2ccccc2o1)c1ccc(C(F)(F)F)cc1. The van der Waals surface area contributed by atoms with E-state index in [9.17, 15) is 18.3 Å². The van der Waals surface area contributed by atoms with Crippen molar-refractivity contribution in [3.8, 4) is 0 Å². The number of aliphatic hydroxyl groups is 1. The van der Waals surface area contributed by atoms with E-state index >= 15 is 0 Å². The summed E-state index contributed by atoms with van der Waals surface area (Å²) < 4.78 is 42.9. The Balaban J connectivity index is 1.65. The number of rotatable bonds is 4. The van der Waals surface area contributed by atoms with Crippen molar-refractivity contribution in [2.24, 2.45) is 0 Å². The van der Waals surface area contributed by atoms with Crippen LogP contribution < -0.4 is 5.32 Å². The maximum absolute atomic E-state index is 12.5. The lowest BCUT2D eigenvalue weighted by Crippen LogP contribution is -2.13. The maximum atomic E-state index is 12.5. The minimum atomic E-state index is -4.39. The molecule has 0 saturated carbocycles. The number of anilines is 1. The number of oxazole rings is 1. The Morgan fingerprint density at radius 2 is 1.78 bits per heavy atom. The van der Waals surface area contributed by atoms with Crippen LogP contribution in [0.25, 0.3) is 11.1 Å². The van der Waals surface area contributed by atoms with Crippen LogP contribution in [0.15, 0.2) is 52.9 Å². The van der Waals surface area contributed by atoms with Crippen LogP contribution in [0, 0.1) is 0 Å². The Bertz CT molecular complexity index is 764. The highest BCUT2D eigenvalue weighted by Crippen LogP contribution is 2.30. The molecule has 0 aliphatic carbocycles. The summed E-state index contributed by atoms with van der Waals surface area (Å²) in [5.74, 6) is 0. The minimum Gasteiger partial charge on any atom is -0.424 e. The molecule has 3 aromatic rings. The summed E-state index contributed by atoms with van der Waals surface area (Å²) in [6, 6.07) is 11.8. The number of aliphatic hydroxyl groups excluding tert-OH is 1. The van der Waals surface area contributed by atoms with Crippen LogP contribution in [-0.4, -0.2) is 16.6 Å². The standard InChI is InChI=1S/C16H13F3N2O2/c17-16(18,19)11-7-5-10(6-8-11)13(22)9-20-15-21-12-3-1-2-4-14(12)23-15/h1-8,13,22H,9H2,(H,20,21). The third kappa shape index (κ3) is 3.45. The Morgan fingerprint density at radius 3 is 2.43 bits per heavy atom. The normalized spacial score (nSPS) is 13.2. The first-order valence-corrected chi connectivity index (χ1v) is 6.88. The molecule has 7 heteroatoms. The van der Waals surface area contributed by atoms with Crippen LogP contribution in [-0.2, 0) is 6.18 Å². The average molecular weight is 322 g/mol. The molecule has 0 amide bonds. The van der Waals surface area contributed by atoms with Gasteiger partial charge in [-0.25, -0.2) is 0 Å². The first-order valence-electron chi connectivity index (χ1n) is 6.88. The fourth-order valence-electron chi connectivity index (χ4n) is 2.14. The third-order valence-electron chi connectivity index (χ3n) is 3.36. The number of nitrogens with zero attached hydrogens (tertiary/aromatic N) is 1. The maximum Gasteiger partial charge on any atom is 0.416 e. The van der Waals surface area contributed by atoms with Gasteiger partial charge in [-0.3, -0.25) is 0 Å². The molecule has 2 N–H and O–H groups in total. The molecule has 2 aromatic carbocycles. The molecule has 0 bridgehead atoms. The van der Waals surface area contributed by atoms with Gasteiger partial charge >= 0.3 is 6.18 Å². The summed E-state index contributed by atoms with van der Waals surface area (Å²) in [5, 5.41) is 12.9. The summed E-state index contributed by atoms with van der Waals surface area (Å²) in [5.41, 5.74) is 0.917. The molecule has 0 aliphatic rings. The van der Waals surface area contributed by atoms with E-state index < -0.39 is 17.8 Å². The van der Waals surface area contributed by atoms with Gasteiger partial charge in [-0.1, -0.05) is 24.3 Å². The van der Waals surface area contributed by atoms with Crippen molar-refractivity contribution in [2.75, 3.05) is 11.9 Å². The fourth-order valence-corrected chi connectivity index (χ4v) is 2.14. The van der Waals surface area contributed by atoms with E-state index in [-0.39, 0.29) is 12.6 Å². The van der Waals surface area contributed by atoms with E-state index in [0.29, 0.717) is 16.7 Å². The first kappa shape index (κ1) is 15.4. The van der Waals surface area contributed by atoms with Gasteiger partial charge in [0.05, 0.1) is 11.7 Å². The van der Waals surface area contributed by atoms with Crippen LogP contribution in [0.1, 0.15) is 17.2 Å². The molecule has 0 radical (unpaired) electrons. The first-order chi connectivity index (χ1) is 10.9.